The van der Waals surface area contributed by atoms with Crippen LogP contribution in [0, 0.1) is 0 Å². The molecule has 3 nitrogen and oxygen atoms in total. The number of fused-ring (bicyclic) bond motifs is 1. The predicted octanol–water partition coefficient (Wildman–Crippen LogP) is 1.30. The van der Waals surface area contributed by atoms with Crippen molar-refractivity contribution in [2.45, 2.75) is 0 Å². The minimum absolute atomic E-state index is 0.0463. The van der Waals surface area contributed by atoms with E-state index in [2.05, 4.69) is 4.98 Å². The average molecular weight is 167 g/mol. The van der Waals surface area contributed by atoms with Gasteiger partial charge in [0.2, 0.25) is 0 Å². The molecule has 2 aromatic heterocycles. The Morgan fingerprint density at radius 3 is 3.09 bits per heavy atom. The van der Waals surface area contributed by atoms with Crippen LogP contribution in [0.25, 0.3) is 10.9 Å². The van der Waals surface area contributed by atoms with E-state index in [0.29, 0.717) is 10.9 Å². The Labute approximate surface area is 65.9 Å². The lowest BCUT2D eigenvalue weighted by molar-refractivity contribution is 0.480. The lowest BCUT2D eigenvalue weighted by atomic mass is 10.3. The minimum Gasteiger partial charge on any atom is -0.507 e. The third kappa shape index (κ3) is 0.914. The Hall–Kier alpha value is -1.29. The Morgan fingerprint density at radius 1 is 1.45 bits per heavy atom. The number of hydrogen-bond donors (Lipinski definition) is 2. The van der Waals surface area contributed by atoms with Gasteiger partial charge in [0.1, 0.15) is 5.75 Å². The molecule has 0 spiro atoms. The first-order valence-corrected chi connectivity index (χ1v) is 4.00. The van der Waals surface area contributed by atoms with Crippen LogP contribution in [-0.2, 0) is 0 Å². The van der Waals surface area contributed by atoms with E-state index in [1.807, 2.05) is 0 Å². The van der Waals surface area contributed by atoms with Crippen LogP contribution in [-0.4, -0.2) is 10.1 Å². The van der Waals surface area contributed by atoms with E-state index in [0.717, 1.165) is 0 Å². The summed E-state index contributed by atoms with van der Waals surface area (Å²) in [5, 5.41) is 13.5. The second kappa shape index (κ2) is 2.10. The third-order valence-electron chi connectivity index (χ3n) is 1.46. The Kier molecular flexibility index (Phi) is 1.22. The lowest BCUT2D eigenvalue weighted by Gasteiger charge is -1.91. The topological polar surface area (TPSA) is 53.1 Å². The normalized spacial score (nSPS) is 10.5. The van der Waals surface area contributed by atoms with E-state index in [9.17, 15) is 9.90 Å². The van der Waals surface area contributed by atoms with Gasteiger partial charge in [-0.2, -0.15) is 0 Å². The standard InChI is InChI=1S/C7H5NO2S/c9-6-1-7(10)8-5-3-11-2-4(5)6/h1-3,9H,(H,8,10). The molecule has 56 valence electrons. The maximum absolute atomic E-state index is 10.8. The first-order valence-electron chi connectivity index (χ1n) is 3.05. The number of aromatic nitrogens is 1. The molecule has 0 unspecified atom stereocenters. The number of thiophene rings is 1. The monoisotopic (exact) mass is 167 g/mol. The molecule has 11 heavy (non-hydrogen) atoms. The lowest BCUT2D eigenvalue weighted by Crippen LogP contribution is -2.01. The highest BCUT2D eigenvalue weighted by Gasteiger charge is 2.00. The fourth-order valence-corrected chi connectivity index (χ4v) is 1.74. The molecule has 0 bridgehead atoms. The first kappa shape index (κ1) is 6.42. The van der Waals surface area contributed by atoms with Gasteiger partial charge in [-0.25, -0.2) is 0 Å². The van der Waals surface area contributed by atoms with Gasteiger partial charge in [-0.1, -0.05) is 0 Å². The first-order chi connectivity index (χ1) is 5.27. The SMILES string of the molecule is O=c1cc(O)c2cscc2[nH]1. The van der Waals surface area contributed by atoms with Gasteiger partial charge in [-0.3, -0.25) is 4.79 Å². The summed E-state index contributed by atoms with van der Waals surface area (Å²) in [6.07, 6.45) is 0. The Morgan fingerprint density at radius 2 is 2.27 bits per heavy atom. The van der Waals surface area contributed by atoms with E-state index in [1.54, 1.807) is 10.8 Å². The van der Waals surface area contributed by atoms with Crippen LogP contribution in [0.4, 0.5) is 0 Å². The predicted molar refractivity (Wildman–Crippen MR) is 44.1 cm³/mol. The van der Waals surface area contributed by atoms with Crippen LogP contribution in [0.15, 0.2) is 21.6 Å². The van der Waals surface area contributed by atoms with Crippen molar-refractivity contribution >= 4 is 22.2 Å². The largest absolute Gasteiger partial charge is 0.507 e. The van der Waals surface area contributed by atoms with Crippen molar-refractivity contribution in [3.8, 4) is 5.75 Å². The van der Waals surface area contributed by atoms with Crippen molar-refractivity contribution < 1.29 is 5.11 Å². The summed E-state index contributed by atoms with van der Waals surface area (Å²) in [5.41, 5.74) is 0.424. The van der Waals surface area contributed by atoms with Crippen LogP contribution in [0.5, 0.6) is 5.75 Å². The average Bonchev–Trinajstić information content (AvgIpc) is 2.34. The molecule has 0 aromatic carbocycles. The van der Waals surface area contributed by atoms with Gasteiger partial charge >= 0.3 is 0 Å². The zero-order valence-electron chi connectivity index (χ0n) is 5.50. The van der Waals surface area contributed by atoms with Gasteiger partial charge in [0, 0.05) is 16.8 Å². The quantitative estimate of drug-likeness (QED) is 0.621. The van der Waals surface area contributed by atoms with Crippen molar-refractivity contribution in [3.63, 3.8) is 0 Å². The van der Waals surface area contributed by atoms with Crippen LogP contribution in [0.1, 0.15) is 0 Å². The second-order valence-corrected chi connectivity index (χ2v) is 2.96. The van der Waals surface area contributed by atoms with Crippen molar-refractivity contribution in [1.82, 2.24) is 4.98 Å². The molecular formula is C7H5NO2S. The molecule has 0 saturated heterocycles. The fraction of sp³-hybridized carbons (Fsp3) is 0. The van der Waals surface area contributed by atoms with E-state index in [-0.39, 0.29) is 11.3 Å². The van der Waals surface area contributed by atoms with Crippen molar-refractivity contribution in [3.05, 3.63) is 27.2 Å². The summed E-state index contributed by atoms with van der Waals surface area (Å²) in [4.78, 5) is 13.4. The van der Waals surface area contributed by atoms with Crippen LogP contribution in [0.3, 0.4) is 0 Å². The smallest absolute Gasteiger partial charge is 0.252 e. The summed E-state index contributed by atoms with van der Waals surface area (Å²) in [5.74, 6) is 0.0463. The molecule has 0 aliphatic heterocycles. The number of aromatic hydroxyl groups is 1. The summed E-state index contributed by atoms with van der Waals surface area (Å²) in [6, 6.07) is 1.18. The molecule has 2 heterocycles. The van der Waals surface area contributed by atoms with Crippen molar-refractivity contribution in [1.29, 1.82) is 0 Å². The fourth-order valence-electron chi connectivity index (χ4n) is 0.963. The van der Waals surface area contributed by atoms with Crippen LogP contribution in [0.2, 0.25) is 0 Å². The molecule has 0 amide bonds. The van der Waals surface area contributed by atoms with Crippen molar-refractivity contribution in [2.24, 2.45) is 0 Å². The molecule has 2 N–H and O–H groups in total. The zero-order chi connectivity index (χ0) is 7.84. The van der Waals surface area contributed by atoms with E-state index in [1.165, 1.54) is 17.4 Å². The van der Waals surface area contributed by atoms with E-state index in [4.69, 9.17) is 0 Å². The van der Waals surface area contributed by atoms with Crippen molar-refractivity contribution in [2.75, 3.05) is 0 Å². The molecule has 2 rings (SSSR count). The number of nitrogens with one attached hydrogen (secondary N) is 1. The van der Waals surface area contributed by atoms with Crippen LogP contribution >= 0.6 is 11.3 Å². The van der Waals surface area contributed by atoms with E-state index < -0.39 is 0 Å². The molecule has 0 aliphatic carbocycles. The number of H-pyrrole nitrogens is 1. The van der Waals surface area contributed by atoms with Gasteiger partial charge in [-0.15, -0.1) is 11.3 Å². The van der Waals surface area contributed by atoms with E-state index >= 15 is 0 Å². The maximum atomic E-state index is 10.8. The molecule has 4 heteroatoms. The molecule has 0 radical (unpaired) electrons. The number of rotatable bonds is 0. The highest BCUT2D eigenvalue weighted by Crippen LogP contribution is 2.23. The minimum atomic E-state index is -0.270. The van der Waals surface area contributed by atoms with Gasteiger partial charge in [0.15, 0.2) is 0 Å². The Balaban J connectivity index is 3.02. The summed E-state index contributed by atoms with van der Waals surface area (Å²) in [7, 11) is 0. The third-order valence-corrected chi connectivity index (χ3v) is 2.21. The number of pyridine rings is 1. The number of aromatic amines is 1. The number of hydrogen-bond acceptors (Lipinski definition) is 3. The maximum Gasteiger partial charge on any atom is 0.252 e. The second-order valence-electron chi connectivity index (χ2n) is 2.22. The van der Waals surface area contributed by atoms with Gasteiger partial charge < -0.3 is 10.1 Å². The molecular weight excluding hydrogens is 162 g/mol. The summed E-state index contributed by atoms with van der Waals surface area (Å²) in [6.45, 7) is 0. The van der Waals surface area contributed by atoms with Gasteiger partial charge in [-0.05, 0) is 0 Å². The van der Waals surface area contributed by atoms with Gasteiger partial charge in [0.25, 0.3) is 5.56 Å². The van der Waals surface area contributed by atoms with Gasteiger partial charge in [0.05, 0.1) is 10.9 Å². The molecule has 2 aromatic rings. The Bertz CT molecular complexity index is 443. The summed E-state index contributed by atoms with van der Waals surface area (Å²) < 4.78 is 0. The summed E-state index contributed by atoms with van der Waals surface area (Å²) >= 11 is 1.45. The molecule has 0 atom stereocenters. The van der Waals surface area contributed by atoms with Crippen LogP contribution < -0.4 is 5.56 Å². The molecule has 0 fully saturated rings. The molecule has 0 aliphatic rings. The molecule has 0 saturated carbocycles. The zero-order valence-corrected chi connectivity index (χ0v) is 6.31. The highest BCUT2D eigenvalue weighted by atomic mass is 32.1. The highest BCUT2D eigenvalue weighted by molar-refractivity contribution is 7.09.